The van der Waals surface area contributed by atoms with Crippen molar-refractivity contribution in [2.45, 2.75) is 0 Å². The molecule has 0 saturated heterocycles. The van der Waals surface area contributed by atoms with Crippen LogP contribution in [0.4, 0.5) is 0 Å². The van der Waals surface area contributed by atoms with E-state index in [9.17, 15) is 0 Å². The van der Waals surface area contributed by atoms with E-state index < -0.39 is 0 Å². The Morgan fingerprint density at radius 1 is 0.333 bits per heavy atom. The molecule has 0 fully saturated rings. The Balaban J connectivity index is 0.962. The lowest BCUT2D eigenvalue weighted by Crippen LogP contribution is -2.00. The summed E-state index contributed by atoms with van der Waals surface area (Å²) in [5, 5.41) is 7.58. The van der Waals surface area contributed by atoms with E-state index in [-0.39, 0.29) is 0 Å². The van der Waals surface area contributed by atoms with Crippen molar-refractivity contribution in [3.05, 3.63) is 182 Å². The molecule has 0 radical (unpaired) electrons. The zero-order chi connectivity index (χ0) is 37.5. The second-order valence-electron chi connectivity index (χ2n) is 14.4. The van der Waals surface area contributed by atoms with Crippen LogP contribution >= 0.6 is 22.7 Å². The van der Waals surface area contributed by atoms with Crippen LogP contribution in [0.1, 0.15) is 0 Å². The molecule has 8 aromatic carbocycles. The first-order valence-electron chi connectivity index (χ1n) is 19.0. The van der Waals surface area contributed by atoms with Crippen LogP contribution in [-0.4, -0.2) is 19.5 Å². The van der Waals surface area contributed by atoms with Crippen molar-refractivity contribution in [3.8, 4) is 51.0 Å². The SMILES string of the molecule is c1ccc(-c2nc(-c3ccccc3)nc(-c3ccc4sc5c(-c6ccc7sc8cc(-n9c%10ccccc%10c%10ccccc%109)ccc8c7c6)cccc5c4c3)n2)cc1. The van der Waals surface area contributed by atoms with Gasteiger partial charge in [0.1, 0.15) is 0 Å². The lowest BCUT2D eigenvalue weighted by atomic mass is 10.00. The molecule has 0 unspecified atom stereocenters. The van der Waals surface area contributed by atoms with Gasteiger partial charge in [-0.2, -0.15) is 0 Å². The Labute approximate surface area is 335 Å². The van der Waals surface area contributed by atoms with Gasteiger partial charge >= 0.3 is 0 Å². The second-order valence-corrected chi connectivity index (χ2v) is 16.5. The average molecular weight is 763 g/mol. The molecule has 0 spiro atoms. The number of hydrogen-bond acceptors (Lipinski definition) is 5. The van der Waals surface area contributed by atoms with Crippen molar-refractivity contribution in [1.29, 1.82) is 0 Å². The fraction of sp³-hybridized carbons (Fsp3) is 0. The minimum Gasteiger partial charge on any atom is -0.309 e. The van der Waals surface area contributed by atoms with Gasteiger partial charge in [0, 0.05) is 73.5 Å². The molecule has 0 bridgehead atoms. The molecule has 0 aliphatic heterocycles. The highest BCUT2D eigenvalue weighted by Gasteiger charge is 2.17. The van der Waals surface area contributed by atoms with Gasteiger partial charge in [-0.15, -0.1) is 22.7 Å². The van der Waals surface area contributed by atoms with Crippen molar-refractivity contribution < 1.29 is 0 Å². The molecule has 0 aliphatic rings. The van der Waals surface area contributed by atoms with E-state index in [0.717, 1.165) is 16.7 Å². The van der Waals surface area contributed by atoms with Crippen molar-refractivity contribution in [2.24, 2.45) is 0 Å². The zero-order valence-electron chi connectivity index (χ0n) is 30.4. The largest absolute Gasteiger partial charge is 0.309 e. The lowest BCUT2D eigenvalue weighted by Gasteiger charge is -2.08. The van der Waals surface area contributed by atoms with Gasteiger partial charge in [-0.25, -0.2) is 15.0 Å². The predicted molar refractivity (Wildman–Crippen MR) is 242 cm³/mol. The summed E-state index contributed by atoms with van der Waals surface area (Å²) in [6.45, 7) is 0. The highest BCUT2D eigenvalue weighted by molar-refractivity contribution is 7.26. The number of benzene rings is 8. The van der Waals surface area contributed by atoms with Gasteiger partial charge < -0.3 is 4.57 Å². The molecule has 12 rings (SSSR count). The molecule has 4 heterocycles. The molecule has 0 atom stereocenters. The Hall–Kier alpha value is -6.99. The maximum atomic E-state index is 5.01. The van der Waals surface area contributed by atoms with Crippen molar-refractivity contribution >= 4 is 84.8 Å². The van der Waals surface area contributed by atoms with E-state index in [2.05, 4.69) is 126 Å². The molecular formula is C51H30N4S2. The topological polar surface area (TPSA) is 43.6 Å². The summed E-state index contributed by atoms with van der Waals surface area (Å²) in [4.78, 5) is 14.9. The van der Waals surface area contributed by atoms with Gasteiger partial charge in [-0.05, 0) is 65.7 Å². The van der Waals surface area contributed by atoms with E-state index in [1.54, 1.807) is 0 Å². The van der Waals surface area contributed by atoms with Gasteiger partial charge in [0.05, 0.1) is 11.0 Å². The second kappa shape index (κ2) is 12.8. The van der Waals surface area contributed by atoms with Crippen LogP contribution in [0.25, 0.3) is 113 Å². The van der Waals surface area contributed by atoms with Crippen LogP contribution in [0, 0.1) is 0 Å². The Morgan fingerprint density at radius 2 is 0.877 bits per heavy atom. The van der Waals surface area contributed by atoms with Gasteiger partial charge in [0.2, 0.25) is 0 Å². The van der Waals surface area contributed by atoms with Crippen molar-refractivity contribution in [2.75, 3.05) is 0 Å². The smallest absolute Gasteiger partial charge is 0.164 e. The zero-order valence-corrected chi connectivity index (χ0v) is 32.1. The van der Waals surface area contributed by atoms with Crippen LogP contribution in [0.5, 0.6) is 0 Å². The van der Waals surface area contributed by atoms with Crippen LogP contribution in [0.2, 0.25) is 0 Å². The first-order valence-corrected chi connectivity index (χ1v) is 20.6. The molecule has 6 heteroatoms. The average Bonchev–Trinajstić information content (AvgIpc) is 3.95. The molecule has 0 saturated carbocycles. The maximum Gasteiger partial charge on any atom is 0.164 e. The molecule has 0 N–H and O–H groups in total. The fourth-order valence-electron chi connectivity index (χ4n) is 8.38. The van der Waals surface area contributed by atoms with Gasteiger partial charge in [-0.3, -0.25) is 0 Å². The summed E-state index contributed by atoms with van der Waals surface area (Å²) in [6.07, 6.45) is 0. The summed E-state index contributed by atoms with van der Waals surface area (Å²) >= 11 is 3.71. The van der Waals surface area contributed by atoms with Crippen LogP contribution in [0.3, 0.4) is 0 Å². The highest BCUT2D eigenvalue weighted by atomic mass is 32.1. The normalized spacial score (nSPS) is 11.9. The summed E-state index contributed by atoms with van der Waals surface area (Å²) in [5.74, 6) is 1.99. The quantitative estimate of drug-likeness (QED) is 0.175. The third-order valence-electron chi connectivity index (χ3n) is 11.1. The molecular weight excluding hydrogens is 733 g/mol. The van der Waals surface area contributed by atoms with Crippen molar-refractivity contribution in [1.82, 2.24) is 19.5 Å². The molecule has 0 aliphatic carbocycles. The first kappa shape index (κ1) is 32.3. The van der Waals surface area contributed by atoms with E-state index in [1.165, 1.54) is 79.0 Å². The summed E-state index contributed by atoms with van der Waals surface area (Å²) in [7, 11) is 0. The maximum absolute atomic E-state index is 5.01. The number of para-hydroxylation sites is 2. The number of aromatic nitrogens is 4. The fourth-order valence-corrected chi connectivity index (χ4v) is 10.7. The number of nitrogens with zero attached hydrogens (tertiary/aromatic N) is 4. The van der Waals surface area contributed by atoms with E-state index in [1.807, 2.05) is 83.3 Å². The molecule has 4 aromatic heterocycles. The predicted octanol–water partition coefficient (Wildman–Crippen LogP) is 14.4. The Morgan fingerprint density at radius 3 is 1.56 bits per heavy atom. The van der Waals surface area contributed by atoms with Crippen LogP contribution in [-0.2, 0) is 0 Å². The third kappa shape index (κ3) is 5.22. The number of hydrogen-bond donors (Lipinski definition) is 0. The van der Waals surface area contributed by atoms with Gasteiger partial charge in [-0.1, -0.05) is 127 Å². The summed E-state index contributed by atoms with van der Waals surface area (Å²) in [6, 6.07) is 64.9. The van der Waals surface area contributed by atoms with E-state index in [0.29, 0.717) is 17.5 Å². The van der Waals surface area contributed by atoms with Crippen LogP contribution in [0.15, 0.2) is 182 Å². The molecule has 4 nitrogen and oxygen atoms in total. The highest BCUT2D eigenvalue weighted by Crippen LogP contribution is 2.44. The Kier molecular flexibility index (Phi) is 7.24. The first-order chi connectivity index (χ1) is 28.2. The lowest BCUT2D eigenvalue weighted by molar-refractivity contribution is 1.07. The van der Waals surface area contributed by atoms with E-state index in [4.69, 9.17) is 15.0 Å². The molecule has 57 heavy (non-hydrogen) atoms. The summed E-state index contributed by atoms with van der Waals surface area (Å²) < 4.78 is 7.50. The van der Waals surface area contributed by atoms with Gasteiger partial charge in [0.25, 0.3) is 0 Å². The number of thiophene rings is 2. The van der Waals surface area contributed by atoms with Gasteiger partial charge in [0.15, 0.2) is 17.5 Å². The van der Waals surface area contributed by atoms with Crippen molar-refractivity contribution in [3.63, 3.8) is 0 Å². The molecule has 0 amide bonds. The third-order valence-corrected chi connectivity index (χ3v) is 13.4. The monoisotopic (exact) mass is 762 g/mol. The standard InChI is InChI=1S/C51H30N4S2/c1-3-12-31(13-4-1)49-52-50(32-14-5-2-6-15-32)54-51(53-49)34-23-27-46-42(29-34)40-19-11-18-36(48(40)57-46)33-22-26-45-41(28-33)39-25-24-35(30-47(39)56-45)55-43-20-9-7-16-37(43)38-17-8-10-21-44(38)55/h1-30H. The van der Waals surface area contributed by atoms with Crippen LogP contribution < -0.4 is 0 Å². The number of rotatable bonds is 5. The minimum absolute atomic E-state index is 0.663. The Bertz CT molecular complexity index is 3410. The molecule has 12 aromatic rings. The minimum atomic E-state index is 0.663. The summed E-state index contributed by atoms with van der Waals surface area (Å²) in [5.41, 5.74) is 9.01. The van der Waals surface area contributed by atoms with E-state index >= 15 is 0 Å². The molecule has 266 valence electrons. The number of fused-ring (bicyclic) bond motifs is 9.